The second kappa shape index (κ2) is 7.22. The van der Waals surface area contributed by atoms with Crippen molar-refractivity contribution >= 4 is 11.6 Å². The van der Waals surface area contributed by atoms with Gasteiger partial charge in [0.1, 0.15) is 11.5 Å². The number of benzene rings is 2. The van der Waals surface area contributed by atoms with Gasteiger partial charge in [0.2, 0.25) is 5.91 Å². The number of rotatable bonds is 4. The molecule has 140 valence electrons. The molecule has 0 unspecified atom stereocenters. The third-order valence-corrected chi connectivity index (χ3v) is 3.98. The summed E-state index contributed by atoms with van der Waals surface area (Å²) in [7, 11) is 0. The van der Waals surface area contributed by atoms with E-state index in [1.807, 2.05) is 0 Å². The lowest BCUT2D eigenvalue weighted by atomic mass is 10.1. The Morgan fingerprint density at radius 2 is 1.70 bits per heavy atom. The van der Waals surface area contributed by atoms with E-state index in [-0.39, 0.29) is 12.3 Å². The number of nitrogens with one attached hydrogen (secondary N) is 2. The standard InChI is InChI=1S/C19H15F4N3O/c1-11-17(24-16(27)10-12-2-8-15(20)9-3-12)18(26-25-11)13-4-6-14(7-5-13)19(21,22)23/h2-9H,10H2,1H3,(H,24,27)(H,25,26). The highest BCUT2D eigenvalue weighted by atomic mass is 19.4. The minimum atomic E-state index is -4.42. The van der Waals surface area contributed by atoms with Crippen LogP contribution in [0.5, 0.6) is 0 Å². The van der Waals surface area contributed by atoms with Crippen LogP contribution in [-0.2, 0) is 17.4 Å². The van der Waals surface area contributed by atoms with Crippen molar-refractivity contribution < 1.29 is 22.4 Å². The molecule has 3 rings (SSSR count). The average molecular weight is 377 g/mol. The topological polar surface area (TPSA) is 57.8 Å². The van der Waals surface area contributed by atoms with Crippen LogP contribution in [0, 0.1) is 12.7 Å². The van der Waals surface area contributed by atoms with E-state index in [4.69, 9.17) is 0 Å². The van der Waals surface area contributed by atoms with Crippen molar-refractivity contribution in [1.29, 1.82) is 0 Å². The number of hydrogen-bond donors (Lipinski definition) is 2. The Kier molecular flexibility index (Phi) is 4.98. The minimum absolute atomic E-state index is 0.0252. The highest BCUT2D eigenvalue weighted by Crippen LogP contribution is 2.33. The summed E-state index contributed by atoms with van der Waals surface area (Å²) in [6.45, 7) is 1.69. The highest BCUT2D eigenvalue weighted by Gasteiger charge is 2.30. The predicted octanol–water partition coefficient (Wildman–Crippen LogP) is 4.72. The van der Waals surface area contributed by atoms with Crippen LogP contribution in [0.25, 0.3) is 11.3 Å². The van der Waals surface area contributed by atoms with E-state index < -0.39 is 17.6 Å². The summed E-state index contributed by atoms with van der Waals surface area (Å²) in [4.78, 5) is 12.3. The van der Waals surface area contributed by atoms with Crippen LogP contribution in [0.4, 0.5) is 23.2 Å². The van der Waals surface area contributed by atoms with Gasteiger partial charge in [0.05, 0.1) is 23.4 Å². The molecule has 1 heterocycles. The fourth-order valence-corrected chi connectivity index (χ4v) is 2.58. The van der Waals surface area contributed by atoms with E-state index in [1.54, 1.807) is 6.92 Å². The summed E-state index contributed by atoms with van der Waals surface area (Å²) in [5.41, 5.74) is 1.60. The van der Waals surface area contributed by atoms with Gasteiger partial charge >= 0.3 is 6.18 Å². The quantitative estimate of drug-likeness (QED) is 0.646. The number of aromatic amines is 1. The average Bonchev–Trinajstić information content (AvgIpc) is 2.97. The summed E-state index contributed by atoms with van der Waals surface area (Å²) >= 11 is 0. The molecule has 27 heavy (non-hydrogen) atoms. The Balaban J connectivity index is 1.80. The minimum Gasteiger partial charge on any atom is -0.322 e. The number of carbonyl (C=O) groups excluding carboxylic acids is 1. The molecule has 1 amide bonds. The number of aromatic nitrogens is 2. The van der Waals surface area contributed by atoms with Gasteiger partial charge in [-0.3, -0.25) is 9.89 Å². The first-order valence-electron chi connectivity index (χ1n) is 8.01. The molecule has 0 atom stereocenters. The molecule has 2 N–H and O–H groups in total. The van der Waals surface area contributed by atoms with Gasteiger partial charge in [-0.1, -0.05) is 24.3 Å². The van der Waals surface area contributed by atoms with Crippen LogP contribution in [-0.4, -0.2) is 16.1 Å². The van der Waals surface area contributed by atoms with E-state index in [0.717, 1.165) is 12.1 Å². The maximum Gasteiger partial charge on any atom is 0.416 e. The Bertz CT molecular complexity index is 945. The van der Waals surface area contributed by atoms with E-state index >= 15 is 0 Å². The van der Waals surface area contributed by atoms with Crippen LogP contribution in [0.15, 0.2) is 48.5 Å². The first-order valence-corrected chi connectivity index (χ1v) is 8.01. The lowest BCUT2D eigenvalue weighted by Crippen LogP contribution is -2.15. The molecule has 0 aliphatic carbocycles. The highest BCUT2D eigenvalue weighted by molar-refractivity contribution is 5.96. The summed E-state index contributed by atoms with van der Waals surface area (Å²) < 4.78 is 51.1. The van der Waals surface area contributed by atoms with Crippen molar-refractivity contribution in [3.8, 4) is 11.3 Å². The van der Waals surface area contributed by atoms with Crippen molar-refractivity contribution in [2.24, 2.45) is 0 Å². The van der Waals surface area contributed by atoms with E-state index in [2.05, 4.69) is 15.5 Å². The molecule has 1 aromatic heterocycles. The molecule has 8 heteroatoms. The van der Waals surface area contributed by atoms with E-state index in [9.17, 15) is 22.4 Å². The molecule has 0 saturated carbocycles. The number of H-pyrrole nitrogens is 1. The first-order chi connectivity index (χ1) is 12.7. The summed E-state index contributed by atoms with van der Waals surface area (Å²) in [6, 6.07) is 10.1. The molecule has 0 fully saturated rings. The van der Waals surface area contributed by atoms with Crippen molar-refractivity contribution in [1.82, 2.24) is 10.2 Å². The number of anilines is 1. The van der Waals surface area contributed by atoms with Gasteiger partial charge in [-0.15, -0.1) is 0 Å². The van der Waals surface area contributed by atoms with Crippen LogP contribution in [0.2, 0.25) is 0 Å². The fourth-order valence-electron chi connectivity index (χ4n) is 2.58. The van der Waals surface area contributed by atoms with Gasteiger partial charge in [-0.05, 0) is 36.8 Å². The smallest absolute Gasteiger partial charge is 0.322 e. The number of halogens is 4. The monoisotopic (exact) mass is 377 g/mol. The SMILES string of the molecule is Cc1[nH]nc(-c2ccc(C(F)(F)F)cc2)c1NC(=O)Cc1ccc(F)cc1. The molecule has 0 aliphatic rings. The third kappa shape index (κ3) is 4.33. The zero-order valence-electron chi connectivity index (χ0n) is 14.2. The van der Waals surface area contributed by atoms with Gasteiger partial charge in [0.15, 0.2) is 0 Å². The normalized spacial score (nSPS) is 11.4. The molecule has 2 aromatic carbocycles. The van der Waals surface area contributed by atoms with E-state index in [1.165, 1.54) is 36.4 Å². The summed E-state index contributed by atoms with van der Waals surface area (Å²) in [5.74, 6) is -0.742. The molecule has 0 bridgehead atoms. The lowest BCUT2D eigenvalue weighted by Gasteiger charge is -2.09. The molecular formula is C19H15F4N3O. The number of aryl methyl sites for hydroxylation is 1. The number of amides is 1. The zero-order chi connectivity index (χ0) is 19.6. The lowest BCUT2D eigenvalue weighted by molar-refractivity contribution is -0.137. The Morgan fingerprint density at radius 3 is 2.30 bits per heavy atom. The number of alkyl halides is 3. The van der Waals surface area contributed by atoms with Gasteiger partial charge in [0.25, 0.3) is 0 Å². The Hall–Kier alpha value is -3.16. The van der Waals surface area contributed by atoms with Crippen molar-refractivity contribution in [2.75, 3.05) is 5.32 Å². The largest absolute Gasteiger partial charge is 0.416 e. The zero-order valence-corrected chi connectivity index (χ0v) is 14.2. The fraction of sp³-hybridized carbons (Fsp3) is 0.158. The Morgan fingerprint density at radius 1 is 1.07 bits per heavy atom. The van der Waals surface area contributed by atoms with Gasteiger partial charge in [0, 0.05) is 5.56 Å². The molecule has 0 spiro atoms. The third-order valence-electron chi connectivity index (χ3n) is 3.98. The maximum atomic E-state index is 12.9. The van der Waals surface area contributed by atoms with Crippen LogP contribution in [0.1, 0.15) is 16.8 Å². The summed E-state index contributed by atoms with van der Waals surface area (Å²) in [5, 5.41) is 9.52. The molecule has 0 aliphatic heterocycles. The second-order valence-corrected chi connectivity index (χ2v) is 6.00. The number of hydrogen-bond acceptors (Lipinski definition) is 2. The Labute approximate surface area is 152 Å². The second-order valence-electron chi connectivity index (χ2n) is 6.00. The van der Waals surface area contributed by atoms with E-state index in [0.29, 0.717) is 28.2 Å². The molecular weight excluding hydrogens is 362 g/mol. The molecule has 3 aromatic rings. The number of carbonyl (C=O) groups is 1. The first kappa shape index (κ1) is 18.6. The summed E-state index contributed by atoms with van der Waals surface area (Å²) in [6.07, 6.45) is -4.40. The molecule has 0 radical (unpaired) electrons. The van der Waals surface area contributed by atoms with Gasteiger partial charge in [-0.25, -0.2) is 4.39 Å². The van der Waals surface area contributed by atoms with Crippen molar-refractivity contribution in [3.05, 3.63) is 71.2 Å². The predicted molar refractivity (Wildman–Crippen MR) is 92.5 cm³/mol. The van der Waals surface area contributed by atoms with Crippen LogP contribution < -0.4 is 5.32 Å². The maximum absolute atomic E-state index is 12.9. The molecule has 4 nitrogen and oxygen atoms in total. The van der Waals surface area contributed by atoms with Crippen molar-refractivity contribution in [3.63, 3.8) is 0 Å². The number of nitrogens with zero attached hydrogens (tertiary/aromatic N) is 1. The van der Waals surface area contributed by atoms with Gasteiger partial charge in [-0.2, -0.15) is 18.3 Å². The van der Waals surface area contributed by atoms with Gasteiger partial charge < -0.3 is 5.32 Å². The van der Waals surface area contributed by atoms with Crippen molar-refractivity contribution in [2.45, 2.75) is 19.5 Å². The molecule has 0 saturated heterocycles. The van der Waals surface area contributed by atoms with Crippen LogP contribution >= 0.6 is 0 Å². The van der Waals surface area contributed by atoms with Crippen LogP contribution in [0.3, 0.4) is 0 Å².